The second-order valence-corrected chi connectivity index (χ2v) is 2.71. The molecule has 12 heavy (non-hydrogen) atoms. The third-order valence-electron chi connectivity index (χ3n) is 1.44. The molecule has 2 nitrogen and oxygen atoms in total. The zero-order valence-electron chi connectivity index (χ0n) is 6.21. The standard InChI is InChI=1S/C9H7ClO2/c1-6(9(11)12)7-2-4-8(10)5-3-7/h2-5H,1H2,(H,11,12)/p-1. The Hall–Kier alpha value is -1.28. The fourth-order valence-electron chi connectivity index (χ4n) is 0.769. The topological polar surface area (TPSA) is 40.1 Å². The second-order valence-electron chi connectivity index (χ2n) is 2.27. The Morgan fingerprint density at radius 2 is 1.83 bits per heavy atom. The third-order valence-corrected chi connectivity index (χ3v) is 1.69. The molecule has 0 aliphatic heterocycles. The Bertz CT molecular complexity index is 314. The zero-order valence-corrected chi connectivity index (χ0v) is 6.97. The van der Waals surface area contributed by atoms with Crippen LogP contribution in [0.2, 0.25) is 5.02 Å². The zero-order chi connectivity index (χ0) is 9.14. The summed E-state index contributed by atoms with van der Waals surface area (Å²) < 4.78 is 0. The molecule has 0 saturated heterocycles. The molecule has 1 aromatic carbocycles. The molecule has 0 aromatic heterocycles. The molecule has 0 N–H and O–H groups in total. The molecule has 0 aliphatic carbocycles. The SMILES string of the molecule is C=C(C(=O)[O-])c1ccc(Cl)cc1. The van der Waals surface area contributed by atoms with Crippen LogP contribution in [0.1, 0.15) is 5.56 Å². The number of benzene rings is 1. The Morgan fingerprint density at radius 1 is 1.33 bits per heavy atom. The summed E-state index contributed by atoms with van der Waals surface area (Å²) in [5.74, 6) is -1.27. The van der Waals surface area contributed by atoms with Crippen LogP contribution >= 0.6 is 11.6 Å². The molecule has 3 heteroatoms. The minimum atomic E-state index is -1.27. The Morgan fingerprint density at radius 3 is 2.25 bits per heavy atom. The maximum Gasteiger partial charge on any atom is 0.0715 e. The Labute approximate surface area is 75.1 Å². The van der Waals surface area contributed by atoms with Gasteiger partial charge in [-0.1, -0.05) is 30.3 Å². The third kappa shape index (κ3) is 1.86. The number of rotatable bonds is 2. The summed E-state index contributed by atoms with van der Waals surface area (Å²) in [6, 6.07) is 6.37. The van der Waals surface area contributed by atoms with Gasteiger partial charge in [0, 0.05) is 5.02 Å². The van der Waals surface area contributed by atoms with E-state index in [-0.39, 0.29) is 5.57 Å². The normalized spacial score (nSPS) is 9.42. The number of carbonyl (C=O) groups excluding carboxylic acids is 1. The van der Waals surface area contributed by atoms with Crippen LogP contribution in [0.25, 0.3) is 5.57 Å². The molecule has 0 fully saturated rings. The van der Waals surface area contributed by atoms with E-state index in [4.69, 9.17) is 11.6 Å². The van der Waals surface area contributed by atoms with E-state index in [2.05, 4.69) is 6.58 Å². The van der Waals surface area contributed by atoms with Gasteiger partial charge in [0.15, 0.2) is 0 Å². The van der Waals surface area contributed by atoms with Crippen LogP contribution in [0.4, 0.5) is 0 Å². The van der Waals surface area contributed by atoms with Crippen LogP contribution in [-0.4, -0.2) is 5.97 Å². The number of aliphatic carboxylic acids is 1. The van der Waals surface area contributed by atoms with Crippen LogP contribution in [0.15, 0.2) is 30.8 Å². The molecule has 0 bridgehead atoms. The first-order valence-corrected chi connectivity index (χ1v) is 3.65. The van der Waals surface area contributed by atoms with Crippen molar-refractivity contribution >= 4 is 23.1 Å². The summed E-state index contributed by atoms with van der Waals surface area (Å²) in [6.45, 7) is 3.35. The minimum absolute atomic E-state index is 0.0355. The summed E-state index contributed by atoms with van der Waals surface area (Å²) in [6.07, 6.45) is 0. The van der Waals surface area contributed by atoms with E-state index in [1.54, 1.807) is 24.3 Å². The van der Waals surface area contributed by atoms with Gasteiger partial charge in [0.1, 0.15) is 0 Å². The summed E-state index contributed by atoms with van der Waals surface area (Å²) in [5, 5.41) is 10.9. The lowest BCUT2D eigenvalue weighted by Crippen LogP contribution is -2.22. The number of hydrogen-bond acceptors (Lipinski definition) is 2. The molecule has 0 spiro atoms. The number of carbonyl (C=O) groups is 1. The molecule has 0 saturated carbocycles. The van der Waals surface area contributed by atoms with E-state index < -0.39 is 5.97 Å². The number of halogens is 1. The molecular formula is C9H6ClO2-. The van der Waals surface area contributed by atoms with Gasteiger partial charge in [-0.2, -0.15) is 0 Å². The molecule has 1 rings (SSSR count). The molecule has 0 radical (unpaired) electrons. The van der Waals surface area contributed by atoms with Gasteiger partial charge in [-0.15, -0.1) is 0 Å². The lowest BCUT2D eigenvalue weighted by molar-refractivity contribution is -0.295. The first kappa shape index (κ1) is 8.81. The van der Waals surface area contributed by atoms with Crippen LogP contribution < -0.4 is 5.11 Å². The summed E-state index contributed by atoms with van der Waals surface area (Å²) in [4.78, 5) is 10.3. The van der Waals surface area contributed by atoms with Gasteiger partial charge >= 0.3 is 0 Å². The van der Waals surface area contributed by atoms with Crippen LogP contribution in [0.3, 0.4) is 0 Å². The Kier molecular flexibility index (Phi) is 2.51. The number of carboxylic acid groups (broad SMARTS) is 1. The first-order valence-electron chi connectivity index (χ1n) is 3.27. The average Bonchev–Trinajstić information content (AvgIpc) is 2.04. The molecule has 0 aliphatic rings. The van der Waals surface area contributed by atoms with Crippen molar-refractivity contribution in [1.29, 1.82) is 0 Å². The number of hydrogen-bond donors (Lipinski definition) is 0. The van der Waals surface area contributed by atoms with Crippen molar-refractivity contribution in [3.05, 3.63) is 41.4 Å². The predicted molar refractivity (Wildman–Crippen MR) is 45.5 cm³/mol. The second kappa shape index (κ2) is 3.41. The van der Waals surface area contributed by atoms with Crippen molar-refractivity contribution < 1.29 is 9.90 Å². The summed E-state index contributed by atoms with van der Waals surface area (Å²) in [5.41, 5.74) is 0.478. The van der Waals surface area contributed by atoms with Crippen molar-refractivity contribution in [2.24, 2.45) is 0 Å². The molecule has 0 heterocycles. The van der Waals surface area contributed by atoms with Gasteiger partial charge in [0.05, 0.1) is 5.97 Å². The van der Waals surface area contributed by atoms with Crippen LogP contribution in [0.5, 0.6) is 0 Å². The van der Waals surface area contributed by atoms with E-state index in [1.165, 1.54) is 0 Å². The maximum atomic E-state index is 10.3. The highest BCUT2D eigenvalue weighted by molar-refractivity contribution is 6.30. The molecule has 1 aromatic rings. The van der Waals surface area contributed by atoms with Crippen LogP contribution in [-0.2, 0) is 4.79 Å². The highest BCUT2D eigenvalue weighted by Crippen LogP contribution is 2.15. The van der Waals surface area contributed by atoms with Crippen molar-refractivity contribution in [2.45, 2.75) is 0 Å². The molecule has 0 unspecified atom stereocenters. The first-order chi connectivity index (χ1) is 5.61. The van der Waals surface area contributed by atoms with Gasteiger partial charge < -0.3 is 9.90 Å². The lowest BCUT2D eigenvalue weighted by atomic mass is 10.1. The molecule has 0 amide bonds. The fraction of sp³-hybridized carbons (Fsp3) is 0. The summed E-state index contributed by atoms with van der Waals surface area (Å²) in [7, 11) is 0. The van der Waals surface area contributed by atoms with E-state index in [9.17, 15) is 9.90 Å². The van der Waals surface area contributed by atoms with Crippen molar-refractivity contribution in [2.75, 3.05) is 0 Å². The van der Waals surface area contributed by atoms with Crippen molar-refractivity contribution in [3.63, 3.8) is 0 Å². The maximum absolute atomic E-state index is 10.3. The van der Waals surface area contributed by atoms with E-state index in [1.807, 2.05) is 0 Å². The van der Waals surface area contributed by atoms with E-state index in [0.717, 1.165) is 0 Å². The minimum Gasteiger partial charge on any atom is -0.545 e. The van der Waals surface area contributed by atoms with Crippen molar-refractivity contribution in [1.82, 2.24) is 0 Å². The van der Waals surface area contributed by atoms with Gasteiger partial charge in [-0.25, -0.2) is 0 Å². The van der Waals surface area contributed by atoms with Gasteiger partial charge in [-0.05, 0) is 23.3 Å². The largest absolute Gasteiger partial charge is 0.545 e. The van der Waals surface area contributed by atoms with Gasteiger partial charge in [-0.3, -0.25) is 0 Å². The average molecular weight is 182 g/mol. The summed E-state index contributed by atoms with van der Waals surface area (Å²) >= 11 is 5.60. The van der Waals surface area contributed by atoms with Gasteiger partial charge in [0.2, 0.25) is 0 Å². The van der Waals surface area contributed by atoms with E-state index >= 15 is 0 Å². The molecular weight excluding hydrogens is 176 g/mol. The Balaban J connectivity index is 2.98. The quantitative estimate of drug-likeness (QED) is 0.642. The number of carboxylic acids is 1. The lowest BCUT2D eigenvalue weighted by Gasteiger charge is -2.05. The fourth-order valence-corrected chi connectivity index (χ4v) is 0.895. The van der Waals surface area contributed by atoms with Crippen molar-refractivity contribution in [3.8, 4) is 0 Å². The highest BCUT2D eigenvalue weighted by atomic mass is 35.5. The van der Waals surface area contributed by atoms with Crippen LogP contribution in [0, 0.1) is 0 Å². The monoisotopic (exact) mass is 181 g/mol. The smallest absolute Gasteiger partial charge is 0.0715 e. The predicted octanol–water partition coefficient (Wildman–Crippen LogP) is 1.10. The highest BCUT2D eigenvalue weighted by Gasteiger charge is 1.98. The van der Waals surface area contributed by atoms with Gasteiger partial charge in [0.25, 0.3) is 0 Å². The molecule has 62 valence electrons. The van der Waals surface area contributed by atoms with E-state index in [0.29, 0.717) is 10.6 Å². The molecule has 0 atom stereocenters.